The van der Waals surface area contributed by atoms with E-state index in [1.165, 1.54) is 45.3 Å². The first-order chi connectivity index (χ1) is 7.20. The Bertz CT molecular complexity index is 219. The van der Waals surface area contributed by atoms with Crippen molar-refractivity contribution in [3.63, 3.8) is 0 Å². The van der Waals surface area contributed by atoms with Crippen molar-refractivity contribution in [2.45, 2.75) is 52.4 Å². The molecule has 1 atom stereocenters. The second kappa shape index (κ2) is 6.12. The molecule has 0 aromatic heterocycles. The van der Waals surface area contributed by atoms with Gasteiger partial charge in [-0.15, -0.1) is 0 Å². The third-order valence-corrected chi connectivity index (χ3v) is 3.73. The molecule has 0 N–H and O–H groups in total. The Hall–Kier alpha value is -0.550. The van der Waals surface area contributed by atoms with Crippen molar-refractivity contribution in [3.05, 3.63) is 0 Å². The molecular weight excluding hydrogens is 184 g/mol. The molecule has 0 aliphatic carbocycles. The fourth-order valence-corrected chi connectivity index (χ4v) is 2.45. The van der Waals surface area contributed by atoms with Crippen LogP contribution >= 0.6 is 0 Å². The maximum Gasteiger partial charge on any atom is 0.0621 e. The first-order valence-corrected chi connectivity index (χ1v) is 6.29. The van der Waals surface area contributed by atoms with Crippen LogP contribution in [0.2, 0.25) is 0 Å². The molecule has 0 saturated carbocycles. The lowest BCUT2D eigenvalue weighted by Crippen LogP contribution is -2.41. The van der Waals surface area contributed by atoms with Crippen molar-refractivity contribution in [2.24, 2.45) is 5.41 Å². The standard InChI is InChI=1S/C13H24N2/c1-3-13(2)8-7-11-15(12-13)10-6-4-5-9-14/h3-8,10-12H2,1-2H3/t13-/m0/s1. The highest BCUT2D eigenvalue weighted by atomic mass is 15.1. The molecule has 0 radical (unpaired) electrons. The smallest absolute Gasteiger partial charge is 0.0621 e. The van der Waals surface area contributed by atoms with Crippen LogP contribution in [-0.4, -0.2) is 24.5 Å². The van der Waals surface area contributed by atoms with Crippen LogP contribution in [0.5, 0.6) is 0 Å². The summed E-state index contributed by atoms with van der Waals surface area (Å²) in [5.41, 5.74) is 0.549. The summed E-state index contributed by atoms with van der Waals surface area (Å²) in [7, 11) is 0. The zero-order valence-corrected chi connectivity index (χ0v) is 10.3. The van der Waals surface area contributed by atoms with Gasteiger partial charge in [-0.05, 0) is 50.6 Å². The van der Waals surface area contributed by atoms with E-state index in [1.54, 1.807) is 0 Å². The van der Waals surface area contributed by atoms with Gasteiger partial charge in [0.1, 0.15) is 0 Å². The highest BCUT2D eigenvalue weighted by molar-refractivity contribution is 4.82. The second-order valence-corrected chi connectivity index (χ2v) is 5.16. The van der Waals surface area contributed by atoms with Crippen LogP contribution in [0.15, 0.2) is 0 Å². The van der Waals surface area contributed by atoms with E-state index in [0.29, 0.717) is 5.41 Å². The number of rotatable bonds is 5. The molecule has 0 aromatic rings. The molecule has 1 aliphatic rings. The van der Waals surface area contributed by atoms with Crippen molar-refractivity contribution in [1.29, 1.82) is 5.26 Å². The minimum atomic E-state index is 0.549. The molecule has 2 heteroatoms. The summed E-state index contributed by atoms with van der Waals surface area (Å²) in [6, 6.07) is 2.21. The predicted octanol–water partition coefficient (Wildman–Crippen LogP) is 3.19. The van der Waals surface area contributed by atoms with E-state index in [-0.39, 0.29) is 0 Å². The first kappa shape index (κ1) is 12.5. The zero-order valence-electron chi connectivity index (χ0n) is 10.3. The molecular formula is C13H24N2. The molecule has 0 unspecified atom stereocenters. The minimum absolute atomic E-state index is 0.549. The van der Waals surface area contributed by atoms with Gasteiger partial charge < -0.3 is 4.90 Å². The van der Waals surface area contributed by atoms with Crippen LogP contribution < -0.4 is 0 Å². The molecule has 0 aromatic carbocycles. The lowest BCUT2D eigenvalue weighted by atomic mass is 9.79. The number of nitriles is 1. The number of hydrogen-bond acceptors (Lipinski definition) is 2. The molecule has 1 aliphatic heterocycles. The van der Waals surface area contributed by atoms with Crippen molar-refractivity contribution in [1.82, 2.24) is 4.90 Å². The monoisotopic (exact) mass is 208 g/mol. The lowest BCUT2D eigenvalue weighted by Gasteiger charge is -2.40. The van der Waals surface area contributed by atoms with E-state index in [4.69, 9.17) is 5.26 Å². The average Bonchev–Trinajstić information content (AvgIpc) is 2.25. The predicted molar refractivity (Wildman–Crippen MR) is 63.5 cm³/mol. The molecule has 0 bridgehead atoms. The summed E-state index contributed by atoms with van der Waals surface area (Å²) in [6.45, 7) is 8.43. The van der Waals surface area contributed by atoms with Gasteiger partial charge in [-0.1, -0.05) is 13.8 Å². The Kier molecular flexibility index (Phi) is 5.11. The van der Waals surface area contributed by atoms with Gasteiger partial charge in [0.05, 0.1) is 6.07 Å². The molecule has 0 spiro atoms. The second-order valence-electron chi connectivity index (χ2n) is 5.16. The Morgan fingerprint density at radius 3 is 2.87 bits per heavy atom. The van der Waals surface area contributed by atoms with Gasteiger partial charge in [0.2, 0.25) is 0 Å². The zero-order chi connectivity index (χ0) is 11.1. The van der Waals surface area contributed by atoms with Crippen molar-refractivity contribution < 1.29 is 0 Å². The number of nitrogens with zero attached hydrogens (tertiary/aromatic N) is 2. The fourth-order valence-electron chi connectivity index (χ4n) is 2.45. The Balaban J connectivity index is 2.22. The number of hydrogen-bond donors (Lipinski definition) is 0. The molecule has 15 heavy (non-hydrogen) atoms. The van der Waals surface area contributed by atoms with E-state index >= 15 is 0 Å². The van der Waals surface area contributed by atoms with Crippen molar-refractivity contribution in [2.75, 3.05) is 19.6 Å². The van der Waals surface area contributed by atoms with Crippen LogP contribution in [0.3, 0.4) is 0 Å². The summed E-state index contributed by atoms with van der Waals surface area (Å²) in [6.07, 6.45) is 7.00. The summed E-state index contributed by atoms with van der Waals surface area (Å²) < 4.78 is 0. The SMILES string of the molecule is CC[C@@]1(C)CCCN(CCCCC#N)C1. The van der Waals surface area contributed by atoms with Crippen molar-refractivity contribution >= 4 is 0 Å². The van der Waals surface area contributed by atoms with E-state index in [0.717, 1.165) is 12.8 Å². The molecule has 1 saturated heterocycles. The van der Waals surface area contributed by atoms with Crippen LogP contribution in [0.1, 0.15) is 52.4 Å². The maximum atomic E-state index is 8.46. The highest BCUT2D eigenvalue weighted by Gasteiger charge is 2.28. The lowest BCUT2D eigenvalue weighted by molar-refractivity contribution is 0.0980. The molecule has 86 valence electrons. The summed E-state index contributed by atoms with van der Waals surface area (Å²) >= 11 is 0. The highest BCUT2D eigenvalue weighted by Crippen LogP contribution is 2.32. The van der Waals surface area contributed by atoms with Gasteiger partial charge >= 0.3 is 0 Å². The Morgan fingerprint density at radius 1 is 1.40 bits per heavy atom. The largest absolute Gasteiger partial charge is 0.303 e. The van der Waals surface area contributed by atoms with Gasteiger partial charge in [0, 0.05) is 13.0 Å². The molecule has 0 amide bonds. The third kappa shape index (κ3) is 4.22. The van der Waals surface area contributed by atoms with Gasteiger partial charge in [-0.2, -0.15) is 5.26 Å². The van der Waals surface area contributed by atoms with Crippen molar-refractivity contribution in [3.8, 4) is 6.07 Å². The number of likely N-dealkylation sites (tertiary alicyclic amines) is 1. The summed E-state index contributed by atoms with van der Waals surface area (Å²) in [5, 5.41) is 8.46. The number of unbranched alkanes of at least 4 members (excludes halogenated alkanes) is 2. The molecule has 2 nitrogen and oxygen atoms in total. The van der Waals surface area contributed by atoms with Crippen LogP contribution in [-0.2, 0) is 0 Å². The van der Waals surface area contributed by atoms with Gasteiger partial charge in [-0.25, -0.2) is 0 Å². The van der Waals surface area contributed by atoms with Gasteiger partial charge in [-0.3, -0.25) is 0 Å². The normalized spacial score (nSPS) is 27.5. The molecule has 1 heterocycles. The summed E-state index contributed by atoms with van der Waals surface area (Å²) in [5.74, 6) is 0. The average molecular weight is 208 g/mol. The van der Waals surface area contributed by atoms with E-state index in [1.807, 2.05) is 0 Å². The molecule has 1 fully saturated rings. The van der Waals surface area contributed by atoms with Crippen LogP contribution in [0.25, 0.3) is 0 Å². The minimum Gasteiger partial charge on any atom is -0.303 e. The number of piperidine rings is 1. The van der Waals surface area contributed by atoms with Gasteiger partial charge in [0.25, 0.3) is 0 Å². The van der Waals surface area contributed by atoms with E-state index in [9.17, 15) is 0 Å². The third-order valence-electron chi connectivity index (χ3n) is 3.73. The van der Waals surface area contributed by atoms with Crippen LogP contribution in [0.4, 0.5) is 0 Å². The summed E-state index contributed by atoms with van der Waals surface area (Å²) in [4.78, 5) is 2.59. The van der Waals surface area contributed by atoms with Gasteiger partial charge in [0.15, 0.2) is 0 Å². The topological polar surface area (TPSA) is 27.0 Å². The Labute approximate surface area is 94.3 Å². The molecule has 1 rings (SSSR count). The van der Waals surface area contributed by atoms with E-state index < -0.39 is 0 Å². The maximum absolute atomic E-state index is 8.46. The fraction of sp³-hybridized carbons (Fsp3) is 0.923. The Morgan fingerprint density at radius 2 is 2.20 bits per heavy atom. The van der Waals surface area contributed by atoms with E-state index in [2.05, 4.69) is 24.8 Å². The van der Waals surface area contributed by atoms with Crippen LogP contribution in [0, 0.1) is 16.7 Å². The first-order valence-electron chi connectivity index (χ1n) is 6.29. The quantitative estimate of drug-likeness (QED) is 0.649.